The minimum absolute atomic E-state index is 0.375. The van der Waals surface area contributed by atoms with Crippen molar-refractivity contribution in [3.63, 3.8) is 0 Å². The van der Waals surface area contributed by atoms with Gasteiger partial charge in [0, 0.05) is 18.6 Å². The number of carbonyl (C=O) groups excluding carboxylic acids is 1. The second-order valence-electron chi connectivity index (χ2n) is 4.50. The molecule has 0 fully saturated rings. The Labute approximate surface area is 106 Å². The minimum Gasteiger partial charge on any atom is -0.455 e. The molecule has 96 valence electrons. The highest BCUT2D eigenvalue weighted by molar-refractivity contribution is 5.87. The molecule has 0 aliphatic rings. The molecule has 2 aromatic rings. The van der Waals surface area contributed by atoms with Crippen molar-refractivity contribution in [2.75, 3.05) is 0 Å². The summed E-state index contributed by atoms with van der Waals surface area (Å²) < 4.78 is 5.07. The minimum atomic E-state index is -0.456. The molecular formula is C13H17N3O2. The Bertz CT molecular complexity index is 420. The molecule has 2 aromatic heterocycles. The van der Waals surface area contributed by atoms with Crippen molar-refractivity contribution < 1.29 is 9.53 Å². The fourth-order valence-corrected chi connectivity index (χ4v) is 1.02. The number of hydrogen-bond acceptors (Lipinski definition) is 4. The van der Waals surface area contributed by atoms with Gasteiger partial charge in [0.1, 0.15) is 11.3 Å². The van der Waals surface area contributed by atoms with Crippen molar-refractivity contribution >= 4 is 5.97 Å². The number of esters is 1. The lowest BCUT2D eigenvalue weighted by Crippen LogP contribution is -2.24. The van der Waals surface area contributed by atoms with Gasteiger partial charge < -0.3 is 4.74 Å². The van der Waals surface area contributed by atoms with Crippen LogP contribution < -0.4 is 0 Å². The van der Waals surface area contributed by atoms with Crippen LogP contribution in [0.4, 0.5) is 0 Å². The monoisotopic (exact) mass is 247 g/mol. The maximum Gasteiger partial charge on any atom is 0.356 e. The Balaban J connectivity index is 0.000000225. The van der Waals surface area contributed by atoms with Gasteiger partial charge in [0.05, 0.1) is 0 Å². The number of ether oxygens (including phenoxy) is 1. The van der Waals surface area contributed by atoms with Crippen molar-refractivity contribution in [1.29, 1.82) is 0 Å². The van der Waals surface area contributed by atoms with Crippen LogP contribution in [0.1, 0.15) is 31.3 Å². The molecule has 2 rings (SSSR count). The van der Waals surface area contributed by atoms with Crippen LogP contribution in [0.5, 0.6) is 0 Å². The Morgan fingerprint density at radius 1 is 1.17 bits per heavy atom. The third-order valence-electron chi connectivity index (χ3n) is 1.69. The number of hydrogen-bond donors (Lipinski definition) is 1. The molecule has 18 heavy (non-hydrogen) atoms. The average Bonchev–Trinajstić information content (AvgIpc) is 2.83. The summed E-state index contributed by atoms with van der Waals surface area (Å²) in [6.07, 6.45) is 5.01. The molecule has 0 amide bonds. The summed E-state index contributed by atoms with van der Waals surface area (Å²) in [5, 5.41) is 6.18. The quantitative estimate of drug-likeness (QED) is 0.786. The van der Waals surface area contributed by atoms with E-state index in [0.29, 0.717) is 5.69 Å². The lowest BCUT2D eigenvalue weighted by molar-refractivity contribution is 0.00628. The van der Waals surface area contributed by atoms with Crippen LogP contribution in [0.3, 0.4) is 0 Å². The highest BCUT2D eigenvalue weighted by Gasteiger charge is 2.18. The molecule has 0 aliphatic heterocycles. The van der Waals surface area contributed by atoms with E-state index in [1.54, 1.807) is 18.5 Å². The molecule has 5 nitrogen and oxygen atoms in total. The standard InChI is InChI=1S/C8H12N2O2.C5H5N/c1-8(2,3)12-7(11)6-4-5-9-10-6;1-2-4-6-5-3-1/h4-5H,1-3H3,(H,9,10);1-5H. The molecular weight excluding hydrogens is 230 g/mol. The Hall–Kier alpha value is -2.17. The van der Waals surface area contributed by atoms with E-state index in [4.69, 9.17) is 4.74 Å². The van der Waals surface area contributed by atoms with Gasteiger partial charge in [-0.05, 0) is 39.0 Å². The van der Waals surface area contributed by atoms with E-state index >= 15 is 0 Å². The zero-order valence-electron chi connectivity index (χ0n) is 10.8. The molecule has 2 heterocycles. The summed E-state index contributed by atoms with van der Waals surface area (Å²) in [5.41, 5.74) is -0.0766. The smallest absolute Gasteiger partial charge is 0.356 e. The molecule has 0 radical (unpaired) electrons. The number of H-pyrrole nitrogens is 1. The van der Waals surface area contributed by atoms with Gasteiger partial charge in [-0.25, -0.2) is 4.79 Å². The SMILES string of the molecule is CC(C)(C)OC(=O)c1ccn[nH]1.c1ccncc1. The number of carbonyl (C=O) groups is 1. The first-order chi connectivity index (χ1) is 8.49. The van der Waals surface area contributed by atoms with Crippen LogP contribution in [0.2, 0.25) is 0 Å². The second-order valence-corrected chi connectivity index (χ2v) is 4.50. The number of pyridine rings is 1. The highest BCUT2D eigenvalue weighted by atomic mass is 16.6. The lowest BCUT2D eigenvalue weighted by atomic mass is 10.2. The molecule has 0 saturated carbocycles. The fraction of sp³-hybridized carbons (Fsp3) is 0.308. The Kier molecular flexibility index (Phi) is 5.05. The number of nitrogens with zero attached hydrogens (tertiary/aromatic N) is 2. The number of nitrogens with one attached hydrogen (secondary N) is 1. The van der Waals surface area contributed by atoms with Crippen LogP contribution in [0.25, 0.3) is 0 Å². The lowest BCUT2D eigenvalue weighted by Gasteiger charge is -2.18. The van der Waals surface area contributed by atoms with E-state index in [0.717, 1.165) is 0 Å². The van der Waals surface area contributed by atoms with Gasteiger partial charge in [-0.3, -0.25) is 10.1 Å². The van der Waals surface area contributed by atoms with Crippen molar-refractivity contribution in [3.05, 3.63) is 48.5 Å². The van der Waals surface area contributed by atoms with E-state index in [1.165, 1.54) is 6.20 Å². The normalized spacial score (nSPS) is 10.2. The van der Waals surface area contributed by atoms with Gasteiger partial charge in [0.2, 0.25) is 0 Å². The molecule has 0 spiro atoms. The molecule has 1 N–H and O–H groups in total. The molecule has 0 aromatic carbocycles. The maximum atomic E-state index is 11.2. The van der Waals surface area contributed by atoms with E-state index in [-0.39, 0.29) is 5.97 Å². The molecule has 0 aliphatic carbocycles. The van der Waals surface area contributed by atoms with Crippen LogP contribution in [-0.2, 0) is 4.74 Å². The van der Waals surface area contributed by atoms with Gasteiger partial charge in [-0.1, -0.05) is 6.07 Å². The van der Waals surface area contributed by atoms with Crippen molar-refractivity contribution in [1.82, 2.24) is 15.2 Å². The third kappa shape index (κ3) is 5.79. The summed E-state index contributed by atoms with van der Waals surface area (Å²) in [4.78, 5) is 15.0. The van der Waals surface area contributed by atoms with Crippen LogP contribution in [0.15, 0.2) is 42.9 Å². The molecule has 0 unspecified atom stereocenters. The van der Waals surface area contributed by atoms with Crippen LogP contribution in [-0.4, -0.2) is 26.8 Å². The molecule has 5 heteroatoms. The number of aromatic nitrogens is 3. The molecule has 0 bridgehead atoms. The Morgan fingerprint density at radius 2 is 1.83 bits per heavy atom. The predicted molar refractivity (Wildman–Crippen MR) is 68.0 cm³/mol. The number of rotatable bonds is 1. The third-order valence-corrected chi connectivity index (χ3v) is 1.69. The second kappa shape index (κ2) is 6.54. The zero-order valence-corrected chi connectivity index (χ0v) is 10.8. The van der Waals surface area contributed by atoms with Crippen LogP contribution in [0, 0.1) is 0 Å². The van der Waals surface area contributed by atoms with Gasteiger partial charge in [0.15, 0.2) is 0 Å². The first kappa shape index (κ1) is 13.9. The van der Waals surface area contributed by atoms with Crippen molar-refractivity contribution in [2.24, 2.45) is 0 Å². The molecule has 0 atom stereocenters. The van der Waals surface area contributed by atoms with Crippen LogP contribution >= 0.6 is 0 Å². The van der Waals surface area contributed by atoms with Crippen molar-refractivity contribution in [3.8, 4) is 0 Å². The van der Waals surface area contributed by atoms with Gasteiger partial charge in [0.25, 0.3) is 0 Å². The van der Waals surface area contributed by atoms with Crippen molar-refractivity contribution in [2.45, 2.75) is 26.4 Å². The summed E-state index contributed by atoms with van der Waals surface area (Å²) in [6, 6.07) is 7.29. The topological polar surface area (TPSA) is 67.9 Å². The number of aromatic amines is 1. The van der Waals surface area contributed by atoms with E-state index in [9.17, 15) is 4.79 Å². The summed E-state index contributed by atoms with van der Waals surface area (Å²) in [5.74, 6) is -0.375. The average molecular weight is 247 g/mol. The highest BCUT2D eigenvalue weighted by Crippen LogP contribution is 2.09. The first-order valence-corrected chi connectivity index (χ1v) is 5.57. The fourth-order valence-electron chi connectivity index (χ4n) is 1.02. The first-order valence-electron chi connectivity index (χ1n) is 5.57. The predicted octanol–water partition coefficient (Wildman–Crippen LogP) is 2.45. The summed E-state index contributed by atoms with van der Waals surface area (Å²) in [7, 11) is 0. The molecule has 0 saturated heterocycles. The zero-order chi connectivity index (χ0) is 13.4. The maximum absolute atomic E-state index is 11.2. The Morgan fingerprint density at radius 3 is 2.17 bits per heavy atom. The largest absolute Gasteiger partial charge is 0.455 e. The van der Waals surface area contributed by atoms with Gasteiger partial charge in [-0.15, -0.1) is 0 Å². The van der Waals surface area contributed by atoms with E-state index < -0.39 is 5.60 Å². The van der Waals surface area contributed by atoms with Gasteiger partial charge in [-0.2, -0.15) is 5.10 Å². The van der Waals surface area contributed by atoms with E-state index in [2.05, 4.69) is 15.2 Å². The summed E-state index contributed by atoms with van der Waals surface area (Å²) >= 11 is 0. The van der Waals surface area contributed by atoms with Gasteiger partial charge >= 0.3 is 5.97 Å². The van der Waals surface area contributed by atoms with E-state index in [1.807, 2.05) is 39.0 Å². The summed E-state index contributed by atoms with van der Waals surface area (Å²) in [6.45, 7) is 5.46.